The third-order valence-electron chi connectivity index (χ3n) is 3.41. The zero-order chi connectivity index (χ0) is 12.0. The molecule has 4 nitrogen and oxygen atoms in total. The molecule has 1 aliphatic rings. The zero-order valence-electron chi connectivity index (χ0n) is 10.00. The predicted molar refractivity (Wildman–Crippen MR) is 70.4 cm³/mol. The van der Waals surface area contributed by atoms with Gasteiger partial charge in [0.05, 0.1) is 0 Å². The third-order valence-corrected chi connectivity index (χ3v) is 4.22. The number of hydrogen-bond acceptors (Lipinski definition) is 3. The molecule has 3 rings (SSSR count). The fourth-order valence-electron chi connectivity index (χ4n) is 2.22. The molecule has 1 aliphatic heterocycles. The van der Waals surface area contributed by atoms with E-state index in [4.69, 9.17) is 0 Å². The summed E-state index contributed by atoms with van der Waals surface area (Å²) in [4.78, 5) is 4.61. The second-order valence-electron chi connectivity index (χ2n) is 4.55. The van der Waals surface area contributed by atoms with E-state index in [0.29, 0.717) is 5.92 Å². The first-order chi connectivity index (χ1) is 8.20. The monoisotopic (exact) mass is 294 g/mol. The van der Waals surface area contributed by atoms with Gasteiger partial charge in [0.2, 0.25) is 0 Å². The Labute approximate surface area is 109 Å². The van der Waals surface area contributed by atoms with Gasteiger partial charge in [-0.15, -0.1) is 5.10 Å². The van der Waals surface area contributed by atoms with Gasteiger partial charge in [-0.1, -0.05) is 6.92 Å². The number of rotatable bonds is 2. The highest BCUT2D eigenvalue weighted by Crippen LogP contribution is 2.25. The molecule has 90 valence electrons. The largest absolute Gasteiger partial charge is 0.315 e. The fourth-order valence-corrected chi connectivity index (χ4v) is 3.07. The summed E-state index contributed by atoms with van der Waals surface area (Å²) in [6.07, 6.45) is 1.00. The Kier molecular flexibility index (Phi) is 2.67. The lowest BCUT2D eigenvalue weighted by atomic mass is 10.0. The maximum atomic E-state index is 4.61. The molecule has 1 fully saturated rings. The smallest absolute Gasteiger partial charge is 0.157 e. The summed E-state index contributed by atoms with van der Waals surface area (Å²) in [5, 5.41) is 7.85. The summed E-state index contributed by atoms with van der Waals surface area (Å²) in [6, 6.07) is 2.12. The first-order valence-electron chi connectivity index (χ1n) is 5.96. The number of aryl methyl sites for hydroxylation is 1. The summed E-state index contributed by atoms with van der Waals surface area (Å²) in [7, 11) is 0. The van der Waals surface area contributed by atoms with Crippen LogP contribution in [0.3, 0.4) is 0 Å². The average molecular weight is 295 g/mol. The lowest BCUT2D eigenvalue weighted by Crippen LogP contribution is -2.40. The third kappa shape index (κ3) is 1.68. The van der Waals surface area contributed by atoms with Crippen molar-refractivity contribution in [2.24, 2.45) is 0 Å². The molecule has 0 aromatic carbocycles. The van der Waals surface area contributed by atoms with Crippen LogP contribution >= 0.6 is 15.9 Å². The Balaban J connectivity index is 2.17. The molecule has 0 saturated carbocycles. The number of halogens is 1. The van der Waals surface area contributed by atoms with Crippen LogP contribution in [0.2, 0.25) is 0 Å². The van der Waals surface area contributed by atoms with Crippen molar-refractivity contribution in [1.29, 1.82) is 0 Å². The van der Waals surface area contributed by atoms with Crippen LogP contribution in [0.15, 0.2) is 10.7 Å². The Morgan fingerprint density at radius 3 is 2.88 bits per heavy atom. The van der Waals surface area contributed by atoms with Gasteiger partial charge in [-0.05, 0) is 46.5 Å². The molecule has 3 heterocycles. The molecule has 2 aromatic rings. The maximum absolute atomic E-state index is 4.61. The SMILES string of the molecule is CCc1c(C)cc2nc(C3CNC3)nn2c1Br. The fraction of sp³-hybridized carbons (Fsp3) is 0.500. The lowest BCUT2D eigenvalue weighted by molar-refractivity contribution is 0.430. The summed E-state index contributed by atoms with van der Waals surface area (Å²) in [6.45, 7) is 6.28. The van der Waals surface area contributed by atoms with Gasteiger partial charge >= 0.3 is 0 Å². The molecule has 5 heteroatoms. The summed E-state index contributed by atoms with van der Waals surface area (Å²) in [5.41, 5.74) is 3.52. The highest BCUT2D eigenvalue weighted by Gasteiger charge is 2.24. The highest BCUT2D eigenvalue weighted by atomic mass is 79.9. The first kappa shape index (κ1) is 11.2. The second-order valence-corrected chi connectivity index (χ2v) is 5.30. The van der Waals surface area contributed by atoms with Gasteiger partial charge in [-0.25, -0.2) is 9.50 Å². The molecule has 0 bridgehead atoms. The molecule has 0 aliphatic carbocycles. The van der Waals surface area contributed by atoms with Crippen molar-refractivity contribution in [3.05, 3.63) is 27.6 Å². The van der Waals surface area contributed by atoms with Crippen molar-refractivity contribution in [2.45, 2.75) is 26.2 Å². The van der Waals surface area contributed by atoms with Gasteiger partial charge in [-0.2, -0.15) is 0 Å². The summed E-state index contributed by atoms with van der Waals surface area (Å²) < 4.78 is 2.96. The van der Waals surface area contributed by atoms with Gasteiger partial charge in [0, 0.05) is 19.0 Å². The van der Waals surface area contributed by atoms with Gasteiger partial charge in [0.25, 0.3) is 0 Å². The molecule has 0 atom stereocenters. The molecule has 0 radical (unpaired) electrons. The van der Waals surface area contributed by atoms with Crippen molar-refractivity contribution in [3.8, 4) is 0 Å². The predicted octanol–water partition coefficient (Wildman–Crippen LogP) is 2.05. The number of aromatic nitrogens is 3. The minimum atomic E-state index is 0.479. The van der Waals surface area contributed by atoms with E-state index < -0.39 is 0 Å². The molecular weight excluding hydrogens is 280 g/mol. The number of nitrogens with one attached hydrogen (secondary N) is 1. The molecule has 17 heavy (non-hydrogen) atoms. The molecule has 2 aromatic heterocycles. The van der Waals surface area contributed by atoms with E-state index in [9.17, 15) is 0 Å². The molecule has 1 saturated heterocycles. The van der Waals surface area contributed by atoms with Crippen molar-refractivity contribution in [1.82, 2.24) is 19.9 Å². The van der Waals surface area contributed by atoms with Crippen LogP contribution in [0.1, 0.15) is 29.8 Å². The van der Waals surface area contributed by atoms with E-state index in [1.54, 1.807) is 0 Å². The standard InChI is InChI=1S/C12H15BrN4/c1-3-9-7(2)4-10-15-12(8-5-14-6-8)16-17(10)11(9)13/h4,8,14H,3,5-6H2,1-2H3. The van der Waals surface area contributed by atoms with E-state index in [0.717, 1.165) is 35.6 Å². The maximum Gasteiger partial charge on any atom is 0.157 e. The van der Waals surface area contributed by atoms with Crippen LogP contribution in [-0.4, -0.2) is 27.7 Å². The zero-order valence-corrected chi connectivity index (χ0v) is 11.6. The molecule has 1 N–H and O–H groups in total. The normalized spacial score (nSPS) is 16.4. The van der Waals surface area contributed by atoms with E-state index in [1.807, 2.05) is 4.52 Å². The van der Waals surface area contributed by atoms with Crippen molar-refractivity contribution < 1.29 is 0 Å². The lowest BCUT2D eigenvalue weighted by Gasteiger charge is -2.23. The van der Waals surface area contributed by atoms with E-state index in [2.05, 4.69) is 51.2 Å². The van der Waals surface area contributed by atoms with Crippen molar-refractivity contribution in [2.75, 3.05) is 13.1 Å². The molecule has 0 spiro atoms. The van der Waals surface area contributed by atoms with Gasteiger partial charge in [-0.3, -0.25) is 0 Å². The van der Waals surface area contributed by atoms with Gasteiger partial charge < -0.3 is 5.32 Å². The van der Waals surface area contributed by atoms with Crippen molar-refractivity contribution in [3.63, 3.8) is 0 Å². The Morgan fingerprint density at radius 1 is 1.53 bits per heavy atom. The number of pyridine rings is 1. The minimum Gasteiger partial charge on any atom is -0.315 e. The van der Waals surface area contributed by atoms with Crippen LogP contribution in [0, 0.1) is 6.92 Å². The van der Waals surface area contributed by atoms with E-state index in [1.165, 1.54) is 11.1 Å². The second kappa shape index (κ2) is 4.07. The van der Waals surface area contributed by atoms with Crippen LogP contribution in [0.4, 0.5) is 0 Å². The van der Waals surface area contributed by atoms with Crippen LogP contribution in [0.25, 0.3) is 5.65 Å². The van der Waals surface area contributed by atoms with Crippen LogP contribution in [-0.2, 0) is 6.42 Å². The number of fused-ring (bicyclic) bond motifs is 1. The van der Waals surface area contributed by atoms with Gasteiger partial charge in [0.1, 0.15) is 4.60 Å². The van der Waals surface area contributed by atoms with E-state index in [-0.39, 0.29) is 0 Å². The quantitative estimate of drug-likeness (QED) is 0.862. The molecular formula is C12H15BrN4. The highest BCUT2D eigenvalue weighted by molar-refractivity contribution is 9.10. The number of hydrogen-bond donors (Lipinski definition) is 1. The Hall–Kier alpha value is -0.940. The average Bonchev–Trinajstić information content (AvgIpc) is 2.59. The van der Waals surface area contributed by atoms with E-state index >= 15 is 0 Å². The summed E-state index contributed by atoms with van der Waals surface area (Å²) in [5.74, 6) is 1.43. The Bertz CT molecular complexity index is 571. The minimum absolute atomic E-state index is 0.479. The number of nitrogens with zero attached hydrogens (tertiary/aromatic N) is 3. The Morgan fingerprint density at radius 2 is 2.29 bits per heavy atom. The van der Waals surface area contributed by atoms with Crippen LogP contribution < -0.4 is 5.32 Å². The molecule has 0 amide bonds. The van der Waals surface area contributed by atoms with Crippen LogP contribution in [0.5, 0.6) is 0 Å². The van der Waals surface area contributed by atoms with Gasteiger partial charge in [0.15, 0.2) is 11.5 Å². The molecule has 0 unspecified atom stereocenters. The van der Waals surface area contributed by atoms with Crippen molar-refractivity contribution >= 4 is 21.6 Å². The topological polar surface area (TPSA) is 42.2 Å². The first-order valence-corrected chi connectivity index (χ1v) is 6.75. The summed E-state index contributed by atoms with van der Waals surface area (Å²) >= 11 is 3.64.